The number of benzene rings is 3. The minimum atomic E-state index is -2.08. The maximum atomic E-state index is 13.8. The lowest BCUT2D eigenvalue weighted by atomic mass is 9.77. The summed E-state index contributed by atoms with van der Waals surface area (Å²) in [5.41, 5.74) is -0.403. The zero-order valence-corrected chi connectivity index (χ0v) is 19.9. The van der Waals surface area contributed by atoms with Gasteiger partial charge in [-0.25, -0.2) is 0 Å². The van der Waals surface area contributed by atoms with Crippen molar-refractivity contribution in [2.75, 3.05) is 7.11 Å². The van der Waals surface area contributed by atoms with Crippen LogP contribution in [0.4, 0.5) is 0 Å². The van der Waals surface area contributed by atoms with Crippen LogP contribution in [0.5, 0.6) is 5.75 Å². The Labute approximate surface area is 211 Å². The van der Waals surface area contributed by atoms with Crippen molar-refractivity contribution in [2.24, 2.45) is 11.8 Å². The van der Waals surface area contributed by atoms with Crippen molar-refractivity contribution < 1.29 is 28.7 Å². The molecule has 1 aliphatic carbocycles. The third-order valence-electron chi connectivity index (χ3n) is 7.31. The van der Waals surface area contributed by atoms with Gasteiger partial charge in [-0.3, -0.25) is 24.1 Å². The zero-order chi connectivity index (χ0) is 25.2. The maximum Gasteiger partial charge on any atom is 0.237 e. The van der Waals surface area contributed by atoms with Gasteiger partial charge in [0.1, 0.15) is 5.75 Å². The van der Waals surface area contributed by atoms with E-state index in [4.69, 9.17) is 21.1 Å². The number of ketones is 2. The molecule has 2 amide bonds. The number of hydrogen-bond donors (Lipinski definition) is 0. The number of carbonyl (C=O) groups is 4. The molecule has 2 fully saturated rings. The predicted molar refractivity (Wildman–Crippen MR) is 129 cm³/mol. The van der Waals surface area contributed by atoms with Crippen LogP contribution in [0, 0.1) is 11.8 Å². The number of methoxy groups -OCH3 is 1. The van der Waals surface area contributed by atoms with Crippen LogP contribution in [-0.2, 0) is 20.9 Å². The number of rotatable bonds is 4. The number of amides is 2. The largest absolute Gasteiger partial charge is 0.497 e. The number of nitrogens with zero attached hydrogens (tertiary/aromatic N) is 1. The summed E-state index contributed by atoms with van der Waals surface area (Å²) in [5.74, 6) is -3.93. The molecule has 8 heteroatoms. The van der Waals surface area contributed by atoms with E-state index in [2.05, 4.69) is 0 Å². The second-order valence-corrected chi connectivity index (χ2v) is 9.58. The Hall–Kier alpha value is -3.81. The Morgan fingerprint density at radius 1 is 0.861 bits per heavy atom. The standard InChI is InChI=1S/C28H20ClNO6/c1-35-18-12-8-16(9-13-18)23-21-22(27(34)30(26(21)33)14-15-6-10-17(29)11-7-15)28(36-23)24(31)19-4-2-3-5-20(19)25(28)32/h2-13,21-23H,14H2,1H3. The van der Waals surface area contributed by atoms with Crippen LogP contribution in [-0.4, -0.2) is 41.0 Å². The molecule has 1 spiro atoms. The second kappa shape index (κ2) is 8.11. The molecular weight excluding hydrogens is 482 g/mol. The van der Waals surface area contributed by atoms with E-state index < -0.39 is 46.9 Å². The Bertz CT molecular complexity index is 1400. The summed E-state index contributed by atoms with van der Waals surface area (Å²) < 4.78 is 11.5. The van der Waals surface area contributed by atoms with Crippen LogP contribution in [0.2, 0.25) is 5.02 Å². The molecule has 3 atom stereocenters. The van der Waals surface area contributed by atoms with Crippen molar-refractivity contribution in [3.63, 3.8) is 0 Å². The maximum absolute atomic E-state index is 13.8. The first-order valence-corrected chi connectivity index (χ1v) is 11.8. The minimum absolute atomic E-state index is 0.00256. The van der Waals surface area contributed by atoms with Gasteiger partial charge < -0.3 is 9.47 Å². The zero-order valence-electron chi connectivity index (χ0n) is 19.1. The molecule has 7 nitrogen and oxygen atoms in total. The van der Waals surface area contributed by atoms with Gasteiger partial charge >= 0.3 is 0 Å². The van der Waals surface area contributed by atoms with E-state index in [9.17, 15) is 19.2 Å². The quantitative estimate of drug-likeness (QED) is 0.396. The number of halogens is 1. The van der Waals surface area contributed by atoms with Crippen LogP contribution in [0.1, 0.15) is 37.9 Å². The summed E-state index contributed by atoms with van der Waals surface area (Å²) in [5, 5.41) is 0.529. The van der Waals surface area contributed by atoms with Crippen molar-refractivity contribution in [1.82, 2.24) is 4.90 Å². The fraction of sp³-hybridized carbons (Fsp3) is 0.214. The summed E-state index contributed by atoms with van der Waals surface area (Å²) in [7, 11) is 1.53. The molecule has 0 saturated carbocycles. The Balaban J connectivity index is 1.47. The van der Waals surface area contributed by atoms with Gasteiger partial charge in [0.15, 0.2) is 0 Å². The van der Waals surface area contributed by atoms with E-state index in [0.717, 1.165) is 4.90 Å². The van der Waals surface area contributed by atoms with Gasteiger partial charge in [0.2, 0.25) is 29.0 Å². The first kappa shape index (κ1) is 22.6. The number of ether oxygens (including phenoxy) is 2. The molecule has 3 aromatic carbocycles. The van der Waals surface area contributed by atoms with Crippen molar-refractivity contribution in [1.29, 1.82) is 0 Å². The van der Waals surface area contributed by atoms with E-state index in [-0.39, 0.29) is 17.7 Å². The van der Waals surface area contributed by atoms with E-state index in [1.807, 2.05) is 0 Å². The normalized spacial score (nSPS) is 23.9. The van der Waals surface area contributed by atoms with Crippen molar-refractivity contribution in [3.05, 3.63) is 100 Å². The highest BCUT2D eigenvalue weighted by Gasteiger charge is 2.74. The topological polar surface area (TPSA) is 90.0 Å². The highest BCUT2D eigenvalue weighted by Crippen LogP contribution is 2.57. The van der Waals surface area contributed by atoms with E-state index in [1.54, 1.807) is 72.8 Å². The number of hydrogen-bond acceptors (Lipinski definition) is 6. The molecule has 3 aliphatic rings. The molecule has 0 radical (unpaired) electrons. The molecule has 0 N–H and O–H groups in total. The third-order valence-corrected chi connectivity index (χ3v) is 7.56. The lowest BCUT2D eigenvalue weighted by Crippen LogP contribution is -2.50. The number of Topliss-reactive ketones (excluding diaryl/α,β-unsaturated/α-hetero) is 2. The molecule has 3 unspecified atom stereocenters. The Kier molecular flexibility index (Phi) is 5.10. The van der Waals surface area contributed by atoms with Crippen LogP contribution in [0.15, 0.2) is 72.8 Å². The molecule has 0 bridgehead atoms. The van der Waals surface area contributed by atoms with Crippen LogP contribution >= 0.6 is 11.6 Å². The summed E-state index contributed by atoms with van der Waals surface area (Å²) in [4.78, 5) is 56.2. The molecule has 0 aromatic heterocycles. The van der Waals surface area contributed by atoms with Gasteiger partial charge in [-0.1, -0.05) is 60.1 Å². The molecule has 2 heterocycles. The smallest absolute Gasteiger partial charge is 0.237 e. The van der Waals surface area contributed by atoms with Gasteiger partial charge in [0.25, 0.3) is 0 Å². The van der Waals surface area contributed by atoms with Crippen LogP contribution < -0.4 is 4.74 Å². The average molecular weight is 502 g/mol. The summed E-state index contributed by atoms with van der Waals surface area (Å²) in [6.07, 6.45) is -0.963. The highest BCUT2D eigenvalue weighted by molar-refractivity contribution is 6.35. The van der Waals surface area contributed by atoms with E-state index >= 15 is 0 Å². The fourth-order valence-electron chi connectivity index (χ4n) is 5.60. The second-order valence-electron chi connectivity index (χ2n) is 9.14. The highest BCUT2D eigenvalue weighted by atomic mass is 35.5. The van der Waals surface area contributed by atoms with Crippen LogP contribution in [0.3, 0.4) is 0 Å². The molecule has 6 rings (SSSR count). The molecular formula is C28H20ClNO6. The molecule has 36 heavy (non-hydrogen) atoms. The van der Waals surface area contributed by atoms with Gasteiger partial charge in [0, 0.05) is 16.1 Å². The molecule has 2 saturated heterocycles. The fourth-order valence-corrected chi connectivity index (χ4v) is 5.73. The van der Waals surface area contributed by atoms with E-state index in [1.165, 1.54) is 7.11 Å². The molecule has 180 valence electrons. The molecule has 2 aliphatic heterocycles. The predicted octanol–water partition coefficient (Wildman–Crippen LogP) is 4.04. The van der Waals surface area contributed by atoms with Gasteiger partial charge in [-0.15, -0.1) is 0 Å². The number of imide groups is 1. The van der Waals surface area contributed by atoms with Gasteiger partial charge in [-0.05, 0) is 35.4 Å². The first-order valence-electron chi connectivity index (χ1n) is 11.5. The van der Waals surface area contributed by atoms with Crippen molar-refractivity contribution in [2.45, 2.75) is 18.2 Å². The lowest BCUT2D eigenvalue weighted by molar-refractivity contribution is -0.145. The molecule has 3 aromatic rings. The monoisotopic (exact) mass is 501 g/mol. The van der Waals surface area contributed by atoms with Crippen LogP contribution in [0.25, 0.3) is 0 Å². The minimum Gasteiger partial charge on any atom is -0.497 e. The third kappa shape index (κ3) is 3.03. The lowest BCUT2D eigenvalue weighted by Gasteiger charge is -2.27. The Morgan fingerprint density at radius 2 is 1.47 bits per heavy atom. The number of likely N-dealkylation sites (tertiary alicyclic amines) is 1. The summed E-state index contributed by atoms with van der Waals surface area (Å²) in [6.45, 7) is 0.00256. The SMILES string of the molecule is COc1ccc(C2OC3(C(=O)c4ccccc4C3=O)C3C(=O)N(Cc4ccc(Cl)cc4)C(=O)C23)cc1. The number of fused-ring (bicyclic) bond motifs is 3. The van der Waals surface area contributed by atoms with Crippen molar-refractivity contribution in [3.8, 4) is 5.75 Å². The first-order chi connectivity index (χ1) is 17.4. The summed E-state index contributed by atoms with van der Waals surface area (Å²) >= 11 is 5.98. The Morgan fingerprint density at radius 3 is 2.06 bits per heavy atom. The average Bonchev–Trinajstić information content (AvgIpc) is 3.46. The summed E-state index contributed by atoms with van der Waals surface area (Å²) in [6, 6.07) is 20.1. The van der Waals surface area contributed by atoms with Gasteiger partial charge in [0.05, 0.1) is 31.6 Å². The van der Waals surface area contributed by atoms with Crippen molar-refractivity contribution >= 4 is 35.0 Å². The van der Waals surface area contributed by atoms with E-state index in [0.29, 0.717) is 21.9 Å². The number of carbonyl (C=O) groups excluding carboxylic acids is 4. The van der Waals surface area contributed by atoms with Gasteiger partial charge in [-0.2, -0.15) is 0 Å².